The molecule has 0 fully saturated rings. The SMILES string of the molecule is CC(C)Oc1ccc(N(c2ccc(-c3ccc4c(c3)sc3cc(/C=C(\C#N)C(=O)O)ccc34)cc2)c2ccc(-c3ccc4c(c3)sc3cc(/C=C(\C#N)C(=O)O)ccc34)cc2)cc1. The van der Waals surface area contributed by atoms with Gasteiger partial charge in [0.2, 0.25) is 0 Å². The number of carboxylic acid groups (broad SMARTS) is 2. The molecule has 0 amide bonds. The molecule has 10 heteroatoms. The average molecular weight is 858 g/mol. The summed E-state index contributed by atoms with van der Waals surface area (Å²) in [4.78, 5) is 25.0. The third-order valence-corrected chi connectivity index (χ3v) is 12.9. The molecule has 304 valence electrons. The quantitative estimate of drug-likeness (QED) is 0.0970. The van der Waals surface area contributed by atoms with Gasteiger partial charge in [0.15, 0.2) is 0 Å². The molecule has 9 rings (SSSR count). The molecular formula is C53H35N3O5S2. The number of rotatable bonds is 11. The number of carboxylic acids is 2. The summed E-state index contributed by atoms with van der Waals surface area (Å²) in [6, 6.07) is 53.0. The van der Waals surface area contributed by atoms with Crippen LogP contribution in [0.25, 0.3) is 74.8 Å². The zero-order valence-corrected chi connectivity index (χ0v) is 35.5. The van der Waals surface area contributed by atoms with E-state index in [2.05, 4.69) is 102 Å². The number of hydrogen-bond donors (Lipinski definition) is 2. The van der Waals surface area contributed by atoms with Crippen molar-refractivity contribution in [3.8, 4) is 40.1 Å². The number of hydrogen-bond acceptors (Lipinski definition) is 8. The molecule has 0 spiro atoms. The molecule has 8 nitrogen and oxygen atoms in total. The highest BCUT2D eigenvalue weighted by atomic mass is 32.1. The van der Waals surface area contributed by atoms with E-state index in [9.17, 15) is 30.3 Å². The van der Waals surface area contributed by atoms with E-state index < -0.39 is 11.9 Å². The summed E-state index contributed by atoms with van der Waals surface area (Å²) < 4.78 is 10.2. The van der Waals surface area contributed by atoms with Gasteiger partial charge in [0.05, 0.1) is 6.10 Å². The van der Waals surface area contributed by atoms with E-state index >= 15 is 0 Å². The fraction of sp³-hybridized carbons (Fsp3) is 0.0566. The minimum atomic E-state index is -1.25. The molecule has 2 N–H and O–H groups in total. The summed E-state index contributed by atoms with van der Waals surface area (Å²) in [5.41, 5.74) is 7.94. The van der Waals surface area contributed by atoms with Gasteiger partial charge in [-0.2, -0.15) is 10.5 Å². The number of anilines is 3. The number of carbonyl (C=O) groups is 2. The maximum Gasteiger partial charge on any atom is 0.346 e. The Balaban J connectivity index is 1.02. The minimum Gasteiger partial charge on any atom is -0.491 e. The van der Waals surface area contributed by atoms with Crippen molar-refractivity contribution in [3.63, 3.8) is 0 Å². The number of nitrogens with zero attached hydrogens (tertiary/aromatic N) is 3. The number of nitriles is 2. The fourth-order valence-electron chi connectivity index (χ4n) is 7.74. The molecule has 0 aliphatic heterocycles. The van der Waals surface area contributed by atoms with Crippen molar-refractivity contribution in [3.05, 3.63) is 168 Å². The first-order chi connectivity index (χ1) is 30.5. The molecule has 0 aliphatic carbocycles. The molecule has 9 aromatic rings. The molecular weight excluding hydrogens is 823 g/mol. The van der Waals surface area contributed by atoms with Crippen molar-refractivity contribution in [1.29, 1.82) is 10.5 Å². The third kappa shape index (κ3) is 8.13. The van der Waals surface area contributed by atoms with Crippen LogP contribution in [-0.4, -0.2) is 28.3 Å². The fourth-order valence-corrected chi connectivity index (χ4v) is 10.1. The highest BCUT2D eigenvalue weighted by Crippen LogP contribution is 2.41. The summed E-state index contributed by atoms with van der Waals surface area (Å²) in [5.74, 6) is -1.69. The van der Waals surface area contributed by atoms with Gasteiger partial charge in [0.1, 0.15) is 29.0 Å². The molecule has 0 atom stereocenters. The highest BCUT2D eigenvalue weighted by molar-refractivity contribution is 7.26. The van der Waals surface area contributed by atoms with E-state index in [-0.39, 0.29) is 17.3 Å². The van der Waals surface area contributed by atoms with Gasteiger partial charge in [-0.3, -0.25) is 0 Å². The normalized spacial score (nSPS) is 11.9. The van der Waals surface area contributed by atoms with Crippen LogP contribution in [0.5, 0.6) is 5.75 Å². The van der Waals surface area contributed by atoms with E-state index in [4.69, 9.17) is 4.74 Å². The Hall–Kier alpha value is -8.02. The van der Waals surface area contributed by atoms with Crippen molar-refractivity contribution in [1.82, 2.24) is 0 Å². The lowest BCUT2D eigenvalue weighted by molar-refractivity contribution is -0.133. The molecule has 2 heterocycles. The molecule has 0 saturated carbocycles. The van der Waals surface area contributed by atoms with Gasteiger partial charge in [-0.25, -0.2) is 9.59 Å². The highest BCUT2D eigenvalue weighted by Gasteiger charge is 2.16. The Labute approximate surface area is 370 Å². The van der Waals surface area contributed by atoms with Crippen LogP contribution >= 0.6 is 22.7 Å². The second kappa shape index (κ2) is 16.8. The predicted molar refractivity (Wildman–Crippen MR) is 256 cm³/mol. The number of fused-ring (bicyclic) bond motifs is 6. The second-order valence-corrected chi connectivity index (χ2v) is 17.3. The molecule has 7 aromatic carbocycles. The Bertz CT molecular complexity index is 3220. The maximum atomic E-state index is 11.4. The first-order valence-electron chi connectivity index (χ1n) is 20.0. The molecule has 0 saturated heterocycles. The van der Waals surface area contributed by atoms with Crippen molar-refractivity contribution in [2.24, 2.45) is 0 Å². The van der Waals surface area contributed by atoms with Gasteiger partial charge in [-0.1, -0.05) is 72.8 Å². The summed E-state index contributed by atoms with van der Waals surface area (Å²) in [7, 11) is 0. The molecule has 0 bridgehead atoms. The van der Waals surface area contributed by atoms with E-state index in [1.807, 2.05) is 62.4 Å². The number of thiophene rings is 2. The van der Waals surface area contributed by atoms with Crippen LogP contribution in [0.1, 0.15) is 25.0 Å². The molecule has 63 heavy (non-hydrogen) atoms. The summed E-state index contributed by atoms with van der Waals surface area (Å²) >= 11 is 3.27. The zero-order chi connectivity index (χ0) is 43.8. The van der Waals surface area contributed by atoms with Gasteiger partial charge in [-0.15, -0.1) is 22.7 Å². The number of aliphatic carboxylic acids is 2. The molecule has 0 radical (unpaired) electrons. The van der Waals surface area contributed by atoms with Crippen LogP contribution in [0.4, 0.5) is 17.1 Å². The van der Waals surface area contributed by atoms with Crippen molar-refractivity contribution in [2.45, 2.75) is 20.0 Å². The number of ether oxygens (including phenoxy) is 1. The summed E-state index contributed by atoms with van der Waals surface area (Å²) in [5, 5.41) is 41.5. The first kappa shape index (κ1) is 40.4. The minimum absolute atomic E-state index is 0.0535. The smallest absolute Gasteiger partial charge is 0.346 e. The predicted octanol–water partition coefficient (Wildman–Crippen LogP) is 14.0. The lowest BCUT2D eigenvalue weighted by Gasteiger charge is -2.26. The largest absolute Gasteiger partial charge is 0.491 e. The second-order valence-electron chi connectivity index (χ2n) is 15.2. The summed E-state index contributed by atoms with van der Waals surface area (Å²) in [6.45, 7) is 4.02. The molecule has 0 aliphatic rings. The van der Waals surface area contributed by atoms with Crippen LogP contribution in [0.2, 0.25) is 0 Å². The Morgan fingerprint density at radius 2 is 0.873 bits per heavy atom. The van der Waals surface area contributed by atoms with Crippen LogP contribution in [0, 0.1) is 22.7 Å². The van der Waals surface area contributed by atoms with Crippen molar-refractivity contribution in [2.75, 3.05) is 4.90 Å². The van der Waals surface area contributed by atoms with E-state index in [0.717, 1.165) is 85.4 Å². The van der Waals surface area contributed by atoms with Crippen molar-refractivity contribution >= 4 is 104 Å². The van der Waals surface area contributed by atoms with Crippen LogP contribution in [0.15, 0.2) is 157 Å². The monoisotopic (exact) mass is 857 g/mol. The zero-order valence-electron chi connectivity index (χ0n) is 33.9. The Kier molecular flexibility index (Phi) is 10.8. The third-order valence-electron chi connectivity index (χ3n) is 10.7. The maximum absolute atomic E-state index is 11.4. The van der Waals surface area contributed by atoms with E-state index in [1.54, 1.807) is 34.8 Å². The Morgan fingerprint density at radius 3 is 1.24 bits per heavy atom. The van der Waals surface area contributed by atoms with Gasteiger partial charge in [0.25, 0.3) is 0 Å². The van der Waals surface area contributed by atoms with Gasteiger partial charge in [0, 0.05) is 57.4 Å². The molecule has 2 aromatic heterocycles. The lowest BCUT2D eigenvalue weighted by Crippen LogP contribution is -2.10. The lowest BCUT2D eigenvalue weighted by atomic mass is 10.0. The van der Waals surface area contributed by atoms with Crippen molar-refractivity contribution < 1.29 is 24.5 Å². The van der Waals surface area contributed by atoms with Gasteiger partial charge in [-0.05, 0) is 132 Å². The standard InChI is InChI=1S/C53H35N3O5S2/c1-31(2)61-43-17-15-42(16-18-43)56(40-11-5-34(6-12-40)36-9-21-46-44-19-3-32(23-38(29-54)52(57)58)25-48(44)62-50(46)27-36)41-13-7-35(8-14-41)37-10-22-47-45-20-4-33(24-39(30-55)53(59)60)26-49(45)63-51(47)28-37/h3-28,31H,1-2H3,(H,57,58)(H,59,60)/b38-23+,39-24+. The van der Waals surface area contributed by atoms with Crippen LogP contribution in [-0.2, 0) is 9.59 Å². The summed E-state index contributed by atoms with van der Waals surface area (Å²) in [6.07, 6.45) is 2.85. The van der Waals surface area contributed by atoms with Crippen LogP contribution < -0.4 is 9.64 Å². The number of benzene rings is 7. The molecule has 0 unspecified atom stereocenters. The topological polar surface area (TPSA) is 135 Å². The average Bonchev–Trinajstić information content (AvgIpc) is 3.84. The first-order valence-corrected chi connectivity index (χ1v) is 21.6. The van der Waals surface area contributed by atoms with E-state index in [0.29, 0.717) is 11.1 Å². The van der Waals surface area contributed by atoms with E-state index in [1.165, 1.54) is 12.2 Å². The Morgan fingerprint density at radius 1 is 0.524 bits per heavy atom. The van der Waals surface area contributed by atoms with Crippen LogP contribution in [0.3, 0.4) is 0 Å². The van der Waals surface area contributed by atoms with Gasteiger partial charge >= 0.3 is 11.9 Å². The van der Waals surface area contributed by atoms with Gasteiger partial charge < -0.3 is 19.8 Å².